The van der Waals surface area contributed by atoms with E-state index in [1.54, 1.807) is 0 Å². The highest BCUT2D eigenvalue weighted by Crippen LogP contribution is 2.31. The molecule has 0 bridgehead atoms. The predicted octanol–water partition coefficient (Wildman–Crippen LogP) is 2.72. The molecule has 23 heavy (non-hydrogen) atoms. The zero-order valence-corrected chi connectivity index (χ0v) is 11.8. The van der Waals surface area contributed by atoms with Gasteiger partial charge >= 0.3 is 6.18 Å². The Labute approximate surface area is 129 Å². The third-order valence-corrected chi connectivity index (χ3v) is 2.80. The van der Waals surface area contributed by atoms with Crippen molar-refractivity contribution < 1.29 is 27.8 Å². The molecular weight excluding hydrogens is 313 g/mol. The topological polar surface area (TPSA) is 71.5 Å². The number of nitrogens with one attached hydrogen (secondary N) is 1. The number of rotatable bonds is 5. The summed E-state index contributed by atoms with van der Waals surface area (Å²) in [5.74, 6) is -0.493. The Morgan fingerprint density at radius 3 is 2.52 bits per heavy atom. The van der Waals surface area contributed by atoms with E-state index < -0.39 is 23.3 Å². The van der Waals surface area contributed by atoms with Gasteiger partial charge in [-0.05, 0) is 36.4 Å². The Balaban J connectivity index is 2.14. The third-order valence-electron chi connectivity index (χ3n) is 2.80. The van der Waals surface area contributed by atoms with Gasteiger partial charge in [0.15, 0.2) is 0 Å². The summed E-state index contributed by atoms with van der Waals surface area (Å²) in [4.78, 5) is 15.5. The first kappa shape index (κ1) is 16.8. The molecule has 0 aliphatic heterocycles. The second-order valence-electron chi connectivity index (χ2n) is 4.45. The molecule has 0 fully saturated rings. The van der Waals surface area contributed by atoms with Gasteiger partial charge in [0.1, 0.15) is 18.1 Å². The van der Waals surface area contributed by atoms with Gasteiger partial charge in [-0.25, -0.2) is 0 Å². The average molecular weight is 326 g/mol. The van der Waals surface area contributed by atoms with Crippen LogP contribution in [-0.2, 0) is 6.18 Å². The first-order chi connectivity index (χ1) is 10.9. The number of aromatic nitrogens is 1. The SMILES string of the molecule is O=C(Nc1ccc(OCCO)cc1)c1ncccc1C(F)(F)F. The van der Waals surface area contributed by atoms with Crippen LogP contribution >= 0.6 is 0 Å². The van der Waals surface area contributed by atoms with Crippen LogP contribution in [0.25, 0.3) is 0 Å². The van der Waals surface area contributed by atoms with Gasteiger partial charge in [0, 0.05) is 11.9 Å². The minimum absolute atomic E-state index is 0.120. The fourth-order valence-electron chi connectivity index (χ4n) is 1.80. The lowest BCUT2D eigenvalue weighted by Crippen LogP contribution is -2.20. The molecule has 1 heterocycles. The first-order valence-corrected chi connectivity index (χ1v) is 6.59. The number of aliphatic hydroxyl groups excluding tert-OH is 1. The number of ether oxygens (including phenoxy) is 1. The van der Waals surface area contributed by atoms with Crippen molar-refractivity contribution >= 4 is 11.6 Å². The van der Waals surface area contributed by atoms with Crippen LogP contribution in [-0.4, -0.2) is 29.2 Å². The molecule has 8 heteroatoms. The number of halogens is 3. The Hall–Kier alpha value is -2.61. The van der Waals surface area contributed by atoms with Crippen molar-refractivity contribution in [3.63, 3.8) is 0 Å². The van der Waals surface area contributed by atoms with E-state index in [0.29, 0.717) is 11.4 Å². The molecule has 0 unspecified atom stereocenters. The van der Waals surface area contributed by atoms with Crippen LogP contribution in [0.5, 0.6) is 5.75 Å². The van der Waals surface area contributed by atoms with Gasteiger partial charge in [0.2, 0.25) is 0 Å². The van der Waals surface area contributed by atoms with Gasteiger partial charge < -0.3 is 15.2 Å². The number of alkyl halides is 3. The summed E-state index contributed by atoms with van der Waals surface area (Å²) in [5.41, 5.74) is -1.49. The van der Waals surface area contributed by atoms with Crippen molar-refractivity contribution in [2.45, 2.75) is 6.18 Å². The molecule has 0 radical (unpaired) electrons. The van der Waals surface area contributed by atoms with Crippen molar-refractivity contribution in [1.29, 1.82) is 0 Å². The Morgan fingerprint density at radius 1 is 1.22 bits per heavy atom. The number of hydrogen-bond acceptors (Lipinski definition) is 4. The van der Waals surface area contributed by atoms with Gasteiger partial charge in [-0.15, -0.1) is 0 Å². The predicted molar refractivity (Wildman–Crippen MR) is 76.2 cm³/mol. The number of carbonyl (C=O) groups is 1. The largest absolute Gasteiger partial charge is 0.491 e. The number of anilines is 1. The zero-order chi connectivity index (χ0) is 16.9. The highest BCUT2D eigenvalue weighted by atomic mass is 19.4. The maximum atomic E-state index is 12.9. The van der Waals surface area contributed by atoms with E-state index in [1.807, 2.05) is 0 Å². The molecule has 0 atom stereocenters. The number of pyridine rings is 1. The summed E-state index contributed by atoms with van der Waals surface area (Å²) < 4.78 is 43.7. The summed E-state index contributed by atoms with van der Waals surface area (Å²) >= 11 is 0. The molecular formula is C15H13F3N2O3. The number of hydrogen-bond donors (Lipinski definition) is 2. The van der Waals surface area contributed by atoms with Crippen LogP contribution in [0.2, 0.25) is 0 Å². The van der Waals surface area contributed by atoms with E-state index >= 15 is 0 Å². The van der Waals surface area contributed by atoms with E-state index in [-0.39, 0.29) is 13.2 Å². The van der Waals surface area contributed by atoms with Gasteiger partial charge in [-0.3, -0.25) is 9.78 Å². The number of nitrogens with zero attached hydrogens (tertiary/aromatic N) is 1. The standard InChI is InChI=1S/C15H13F3N2O3/c16-15(17,18)12-2-1-7-19-13(12)14(22)20-10-3-5-11(6-4-10)23-9-8-21/h1-7,21H,8-9H2,(H,20,22). The van der Waals surface area contributed by atoms with Crippen LogP contribution < -0.4 is 10.1 Å². The molecule has 1 amide bonds. The third kappa shape index (κ3) is 4.43. The molecule has 2 N–H and O–H groups in total. The normalized spacial score (nSPS) is 11.1. The fourth-order valence-corrected chi connectivity index (χ4v) is 1.80. The Bertz CT molecular complexity index is 672. The summed E-state index contributed by atoms with van der Waals surface area (Å²) in [7, 11) is 0. The molecule has 0 saturated heterocycles. The van der Waals surface area contributed by atoms with Crippen molar-refractivity contribution in [2.24, 2.45) is 0 Å². The molecule has 1 aromatic heterocycles. The quantitative estimate of drug-likeness (QED) is 0.886. The number of aliphatic hydroxyl groups is 1. The average Bonchev–Trinajstić information content (AvgIpc) is 2.53. The van der Waals surface area contributed by atoms with Gasteiger partial charge in [0.05, 0.1) is 12.2 Å². The molecule has 2 rings (SSSR count). The Morgan fingerprint density at radius 2 is 1.91 bits per heavy atom. The number of carbonyl (C=O) groups excluding carboxylic acids is 1. The van der Waals surface area contributed by atoms with Crippen LogP contribution in [0.15, 0.2) is 42.6 Å². The molecule has 1 aromatic carbocycles. The molecule has 0 spiro atoms. The lowest BCUT2D eigenvalue weighted by atomic mass is 10.1. The van der Waals surface area contributed by atoms with E-state index in [2.05, 4.69) is 10.3 Å². The summed E-state index contributed by atoms with van der Waals surface area (Å²) in [6, 6.07) is 7.91. The Kier molecular flexibility index (Phi) is 5.17. The van der Waals surface area contributed by atoms with Crippen LogP contribution in [0.4, 0.5) is 18.9 Å². The van der Waals surface area contributed by atoms with Crippen LogP contribution in [0.1, 0.15) is 16.1 Å². The molecule has 0 aliphatic carbocycles. The van der Waals surface area contributed by atoms with Gasteiger partial charge in [0.25, 0.3) is 5.91 Å². The number of amides is 1. The van der Waals surface area contributed by atoms with Gasteiger partial charge in [-0.2, -0.15) is 13.2 Å². The zero-order valence-electron chi connectivity index (χ0n) is 11.8. The fraction of sp³-hybridized carbons (Fsp3) is 0.200. The second-order valence-corrected chi connectivity index (χ2v) is 4.45. The highest BCUT2D eigenvalue weighted by Gasteiger charge is 2.35. The van der Waals surface area contributed by atoms with Crippen molar-refractivity contribution in [2.75, 3.05) is 18.5 Å². The van der Waals surface area contributed by atoms with Crippen molar-refractivity contribution in [1.82, 2.24) is 4.98 Å². The molecule has 5 nitrogen and oxygen atoms in total. The van der Waals surface area contributed by atoms with Crippen LogP contribution in [0, 0.1) is 0 Å². The van der Waals surface area contributed by atoms with Crippen molar-refractivity contribution in [3.05, 3.63) is 53.9 Å². The highest BCUT2D eigenvalue weighted by molar-refractivity contribution is 6.04. The molecule has 0 saturated carbocycles. The first-order valence-electron chi connectivity index (χ1n) is 6.59. The molecule has 0 aliphatic rings. The molecule has 122 valence electrons. The minimum Gasteiger partial charge on any atom is -0.491 e. The van der Waals surface area contributed by atoms with E-state index in [1.165, 1.54) is 24.3 Å². The van der Waals surface area contributed by atoms with Crippen LogP contribution in [0.3, 0.4) is 0 Å². The molecule has 2 aromatic rings. The minimum atomic E-state index is -4.66. The second kappa shape index (κ2) is 7.10. The van der Waals surface area contributed by atoms with Gasteiger partial charge in [-0.1, -0.05) is 0 Å². The lowest BCUT2D eigenvalue weighted by Gasteiger charge is -2.12. The lowest BCUT2D eigenvalue weighted by molar-refractivity contribution is -0.138. The maximum Gasteiger partial charge on any atom is 0.418 e. The van der Waals surface area contributed by atoms with E-state index in [4.69, 9.17) is 9.84 Å². The number of benzene rings is 1. The summed E-state index contributed by atoms with van der Waals surface area (Å²) in [6.07, 6.45) is -3.54. The van der Waals surface area contributed by atoms with E-state index in [9.17, 15) is 18.0 Å². The monoisotopic (exact) mass is 326 g/mol. The summed E-state index contributed by atoms with van der Waals surface area (Å²) in [5, 5.41) is 11.0. The van der Waals surface area contributed by atoms with Crippen molar-refractivity contribution in [3.8, 4) is 5.75 Å². The summed E-state index contributed by atoms with van der Waals surface area (Å²) in [6.45, 7) is -0.0209. The maximum absolute atomic E-state index is 12.9. The van der Waals surface area contributed by atoms with E-state index in [0.717, 1.165) is 18.3 Å². The smallest absolute Gasteiger partial charge is 0.418 e.